The van der Waals surface area contributed by atoms with E-state index in [1.165, 1.54) is 18.2 Å². The molecule has 8 heteroatoms. The van der Waals surface area contributed by atoms with Crippen LogP contribution in [0.4, 0.5) is 13.2 Å². The number of hydrogen-bond donors (Lipinski definition) is 3. The van der Waals surface area contributed by atoms with E-state index >= 15 is 0 Å². The van der Waals surface area contributed by atoms with Crippen LogP contribution in [-0.2, 0) is 9.59 Å². The number of nitrogens with one attached hydrogen (secondary N) is 3. The molecule has 1 aliphatic carbocycles. The first-order valence-corrected chi connectivity index (χ1v) is 10.3. The van der Waals surface area contributed by atoms with Crippen LogP contribution in [0.1, 0.15) is 30.7 Å². The third-order valence-corrected chi connectivity index (χ3v) is 6.28. The number of benzene rings is 2. The average Bonchev–Trinajstić information content (AvgIpc) is 3.26. The fraction of sp³-hybridized carbons (Fsp3) is 0.304. The predicted molar refractivity (Wildman–Crippen MR) is 109 cm³/mol. The van der Waals surface area contributed by atoms with Gasteiger partial charge in [-0.05, 0) is 66.6 Å². The maximum absolute atomic E-state index is 14.4. The average molecular weight is 427 g/mol. The molecule has 1 saturated heterocycles. The minimum Gasteiger partial charge on any atom is -0.354 e. The molecule has 5 rings (SSSR count). The van der Waals surface area contributed by atoms with Gasteiger partial charge in [-0.25, -0.2) is 13.2 Å². The molecule has 0 spiro atoms. The second-order valence-electron chi connectivity index (χ2n) is 8.24. The fourth-order valence-electron chi connectivity index (χ4n) is 4.60. The fourth-order valence-corrected chi connectivity index (χ4v) is 4.60. The number of rotatable bonds is 4. The van der Waals surface area contributed by atoms with Gasteiger partial charge in [0, 0.05) is 23.9 Å². The first kappa shape index (κ1) is 19.7. The molecule has 5 nitrogen and oxygen atoms in total. The van der Waals surface area contributed by atoms with E-state index in [1.807, 2.05) is 0 Å². The van der Waals surface area contributed by atoms with Gasteiger partial charge >= 0.3 is 0 Å². The molecule has 160 valence electrons. The summed E-state index contributed by atoms with van der Waals surface area (Å²) in [6.07, 6.45) is 1.56. The van der Waals surface area contributed by atoms with Crippen LogP contribution in [0, 0.1) is 23.4 Å². The van der Waals surface area contributed by atoms with Gasteiger partial charge in [-0.15, -0.1) is 0 Å². The quantitative estimate of drug-likeness (QED) is 0.593. The molecule has 0 radical (unpaired) electrons. The lowest BCUT2D eigenvalue weighted by atomic mass is 9.69. The minimum absolute atomic E-state index is 0.0943. The molecule has 2 aliphatic rings. The van der Waals surface area contributed by atoms with E-state index in [0.717, 1.165) is 11.6 Å². The van der Waals surface area contributed by atoms with E-state index in [2.05, 4.69) is 15.6 Å². The van der Waals surface area contributed by atoms with Crippen molar-refractivity contribution in [2.24, 2.45) is 5.92 Å². The molecular weight excluding hydrogens is 407 g/mol. The monoisotopic (exact) mass is 427 g/mol. The number of aromatic amines is 1. The summed E-state index contributed by atoms with van der Waals surface area (Å²) < 4.78 is 41.8. The summed E-state index contributed by atoms with van der Waals surface area (Å²) in [6.45, 7) is 0.546. The zero-order chi connectivity index (χ0) is 21.7. The van der Waals surface area contributed by atoms with Gasteiger partial charge in [0.15, 0.2) is 0 Å². The molecule has 2 fully saturated rings. The number of amides is 2. The molecule has 1 aromatic heterocycles. The summed E-state index contributed by atoms with van der Waals surface area (Å²) in [4.78, 5) is 27.3. The molecule has 2 aromatic carbocycles. The Hall–Kier alpha value is -3.29. The second-order valence-corrected chi connectivity index (χ2v) is 8.24. The van der Waals surface area contributed by atoms with Crippen LogP contribution in [0.15, 0.2) is 36.4 Å². The summed E-state index contributed by atoms with van der Waals surface area (Å²) in [5.41, 5.74) is 2.16. The molecule has 1 saturated carbocycles. The maximum Gasteiger partial charge on any atom is 0.242 e. The van der Waals surface area contributed by atoms with Crippen molar-refractivity contribution < 1.29 is 22.8 Å². The van der Waals surface area contributed by atoms with Gasteiger partial charge < -0.3 is 15.6 Å². The van der Waals surface area contributed by atoms with Crippen molar-refractivity contribution in [3.8, 4) is 11.3 Å². The van der Waals surface area contributed by atoms with Crippen LogP contribution in [-0.4, -0.2) is 29.4 Å². The van der Waals surface area contributed by atoms with Crippen molar-refractivity contribution >= 4 is 22.7 Å². The number of H-pyrrole nitrogens is 1. The van der Waals surface area contributed by atoms with Gasteiger partial charge in [-0.3, -0.25) is 9.59 Å². The number of halogens is 3. The Morgan fingerprint density at radius 1 is 1.03 bits per heavy atom. The van der Waals surface area contributed by atoms with Gasteiger partial charge in [0.25, 0.3) is 0 Å². The van der Waals surface area contributed by atoms with Crippen molar-refractivity contribution in [2.45, 2.75) is 31.2 Å². The maximum atomic E-state index is 14.4. The summed E-state index contributed by atoms with van der Waals surface area (Å²) in [6, 6.07) is 7.39. The van der Waals surface area contributed by atoms with Crippen LogP contribution in [0.25, 0.3) is 22.2 Å². The number of fused-ring (bicyclic) bond motifs is 1. The summed E-state index contributed by atoms with van der Waals surface area (Å²) in [7, 11) is 0. The predicted octanol–water partition coefficient (Wildman–Crippen LogP) is 3.75. The topological polar surface area (TPSA) is 74.0 Å². The Morgan fingerprint density at radius 3 is 2.45 bits per heavy atom. The van der Waals surface area contributed by atoms with Gasteiger partial charge in [0.05, 0.1) is 11.2 Å². The van der Waals surface area contributed by atoms with Crippen molar-refractivity contribution in [3.63, 3.8) is 0 Å². The van der Waals surface area contributed by atoms with Crippen LogP contribution in [0.2, 0.25) is 0 Å². The third-order valence-electron chi connectivity index (χ3n) is 6.28. The van der Waals surface area contributed by atoms with Crippen molar-refractivity contribution in [3.05, 3.63) is 59.4 Å². The van der Waals surface area contributed by atoms with Crippen LogP contribution >= 0.6 is 0 Å². The lowest BCUT2D eigenvalue weighted by Crippen LogP contribution is -2.45. The number of carbonyl (C=O) groups is 2. The normalized spacial score (nSPS) is 22.9. The van der Waals surface area contributed by atoms with E-state index in [9.17, 15) is 22.8 Å². The van der Waals surface area contributed by atoms with E-state index < -0.39 is 23.5 Å². The highest BCUT2D eigenvalue weighted by atomic mass is 19.1. The van der Waals surface area contributed by atoms with Crippen molar-refractivity contribution in [1.29, 1.82) is 0 Å². The highest BCUT2D eigenvalue weighted by Gasteiger charge is 2.40. The van der Waals surface area contributed by atoms with Gasteiger partial charge in [-0.1, -0.05) is 0 Å². The lowest BCUT2D eigenvalue weighted by Gasteiger charge is -2.35. The third kappa shape index (κ3) is 3.45. The molecule has 1 aliphatic heterocycles. The van der Waals surface area contributed by atoms with Gasteiger partial charge in [-0.2, -0.15) is 0 Å². The smallest absolute Gasteiger partial charge is 0.242 e. The van der Waals surface area contributed by atoms with Crippen molar-refractivity contribution in [1.82, 2.24) is 15.6 Å². The van der Waals surface area contributed by atoms with Crippen molar-refractivity contribution in [2.75, 3.05) is 6.54 Å². The standard InChI is InChI=1S/C23H20F3N3O2/c24-14-3-1-11(2-4-14)20-19(16-9-15(25)10-17(26)21(16)29-20)12-7-13(8-12)22(30)28-18-5-6-27-23(18)31/h1-4,9-10,12-13,18,29H,5-8H2,(H,27,31)(H,28,30)/t12-,13+,18?. The summed E-state index contributed by atoms with van der Waals surface area (Å²) in [5, 5.41) is 5.90. The zero-order valence-electron chi connectivity index (χ0n) is 16.5. The number of aromatic nitrogens is 1. The minimum atomic E-state index is -0.703. The Bertz CT molecular complexity index is 1180. The van der Waals surface area contributed by atoms with Gasteiger partial charge in [0.2, 0.25) is 11.8 Å². The van der Waals surface area contributed by atoms with E-state index in [1.54, 1.807) is 12.1 Å². The number of hydrogen-bond acceptors (Lipinski definition) is 2. The number of carbonyl (C=O) groups excluding carboxylic acids is 2. The van der Waals surface area contributed by atoms with Crippen LogP contribution in [0.5, 0.6) is 0 Å². The van der Waals surface area contributed by atoms with E-state index in [4.69, 9.17) is 0 Å². The molecule has 3 aromatic rings. The second kappa shape index (κ2) is 7.44. The van der Waals surface area contributed by atoms with E-state index in [-0.39, 0.29) is 29.2 Å². The molecule has 2 amide bonds. The highest BCUT2D eigenvalue weighted by Crippen LogP contribution is 2.48. The Labute approximate surface area is 176 Å². The Balaban J connectivity index is 1.45. The van der Waals surface area contributed by atoms with E-state index in [0.29, 0.717) is 42.5 Å². The first-order chi connectivity index (χ1) is 14.9. The molecule has 0 bridgehead atoms. The molecule has 31 heavy (non-hydrogen) atoms. The molecule has 2 heterocycles. The SMILES string of the molecule is O=C1NCCC1NC(=O)[C@H]1C[C@@H](c2c(-c3ccc(F)cc3)[nH]c3c(F)cc(F)cc32)C1. The van der Waals surface area contributed by atoms with Crippen LogP contribution < -0.4 is 10.6 Å². The molecular formula is C23H20F3N3O2. The zero-order valence-corrected chi connectivity index (χ0v) is 16.5. The molecule has 1 unspecified atom stereocenters. The first-order valence-electron chi connectivity index (χ1n) is 10.3. The summed E-state index contributed by atoms with van der Waals surface area (Å²) in [5.74, 6) is -2.51. The summed E-state index contributed by atoms with van der Waals surface area (Å²) >= 11 is 0. The lowest BCUT2D eigenvalue weighted by molar-refractivity contribution is -0.132. The Morgan fingerprint density at radius 2 is 1.77 bits per heavy atom. The Kier molecular flexibility index (Phi) is 4.72. The highest BCUT2D eigenvalue weighted by molar-refractivity contribution is 5.93. The molecule has 3 N–H and O–H groups in total. The molecule has 1 atom stereocenters. The van der Waals surface area contributed by atoms with Gasteiger partial charge in [0.1, 0.15) is 23.5 Å². The largest absolute Gasteiger partial charge is 0.354 e. The van der Waals surface area contributed by atoms with Crippen LogP contribution in [0.3, 0.4) is 0 Å².